The molecule has 2 aromatic rings. The van der Waals surface area contributed by atoms with E-state index in [1.165, 1.54) is 12.1 Å². The Morgan fingerprint density at radius 1 is 1.26 bits per heavy atom. The first kappa shape index (κ1) is 13.3. The summed E-state index contributed by atoms with van der Waals surface area (Å²) in [4.78, 5) is 10.3. The van der Waals surface area contributed by atoms with E-state index in [2.05, 4.69) is 27.9 Å². The van der Waals surface area contributed by atoms with Gasteiger partial charge in [-0.05, 0) is 46.9 Å². The lowest BCUT2D eigenvalue weighted by molar-refractivity contribution is -0.385. The average molecular weight is 365 g/mol. The van der Waals surface area contributed by atoms with Crippen LogP contribution in [0, 0.1) is 25.0 Å². The maximum absolute atomic E-state index is 10.9. The molecule has 0 saturated carbocycles. The third-order valence-corrected chi connectivity index (χ3v) is 3.41. The van der Waals surface area contributed by atoms with E-state index in [-0.39, 0.29) is 11.3 Å². The van der Waals surface area contributed by atoms with Gasteiger partial charge in [0.05, 0.1) is 10.6 Å². The van der Waals surface area contributed by atoms with Crippen molar-refractivity contribution in [1.29, 1.82) is 5.26 Å². The predicted octanol–water partition coefficient (Wildman–Crippen LogP) is 3.81. The van der Waals surface area contributed by atoms with Crippen molar-refractivity contribution < 1.29 is 4.92 Å². The topological polar surface area (TPSA) is 79.0 Å². The highest BCUT2D eigenvalue weighted by Crippen LogP contribution is 2.27. The van der Waals surface area contributed by atoms with Gasteiger partial charge in [0.1, 0.15) is 11.6 Å². The lowest BCUT2D eigenvalue weighted by Crippen LogP contribution is -1.96. The van der Waals surface area contributed by atoms with Crippen LogP contribution in [0.3, 0.4) is 0 Å². The van der Waals surface area contributed by atoms with Gasteiger partial charge in [0.15, 0.2) is 0 Å². The summed E-state index contributed by atoms with van der Waals surface area (Å²) in [6, 6.07) is 13.9. The molecule has 6 heteroatoms. The molecule has 19 heavy (non-hydrogen) atoms. The third-order valence-electron chi connectivity index (χ3n) is 2.47. The van der Waals surface area contributed by atoms with Crippen molar-refractivity contribution in [2.24, 2.45) is 0 Å². The Bertz CT molecular complexity index is 680. The summed E-state index contributed by atoms with van der Waals surface area (Å²) >= 11 is 2.17. The van der Waals surface area contributed by atoms with Crippen LogP contribution >= 0.6 is 22.6 Å². The van der Waals surface area contributed by atoms with Crippen molar-refractivity contribution >= 4 is 39.7 Å². The van der Waals surface area contributed by atoms with Crippen molar-refractivity contribution in [2.75, 3.05) is 5.32 Å². The summed E-state index contributed by atoms with van der Waals surface area (Å²) < 4.78 is 1.01. The monoisotopic (exact) mass is 365 g/mol. The van der Waals surface area contributed by atoms with E-state index in [1.807, 2.05) is 30.3 Å². The van der Waals surface area contributed by atoms with Gasteiger partial charge in [-0.15, -0.1) is 0 Å². The maximum Gasteiger partial charge on any atom is 0.289 e. The Kier molecular flexibility index (Phi) is 3.97. The van der Waals surface area contributed by atoms with Gasteiger partial charge >= 0.3 is 0 Å². The molecule has 2 aromatic carbocycles. The molecule has 0 aromatic heterocycles. The zero-order valence-electron chi connectivity index (χ0n) is 9.63. The molecule has 5 nitrogen and oxygen atoms in total. The fourth-order valence-electron chi connectivity index (χ4n) is 1.57. The molecule has 94 valence electrons. The highest BCUT2D eigenvalue weighted by Gasteiger charge is 2.14. The Labute approximate surface area is 123 Å². The fourth-order valence-corrected chi connectivity index (χ4v) is 2.10. The number of rotatable bonds is 3. The van der Waals surface area contributed by atoms with Crippen LogP contribution in [0.2, 0.25) is 0 Å². The number of nitrogens with one attached hydrogen (secondary N) is 1. The van der Waals surface area contributed by atoms with Crippen LogP contribution in [0.4, 0.5) is 17.1 Å². The average Bonchev–Trinajstić information content (AvgIpc) is 2.41. The summed E-state index contributed by atoms with van der Waals surface area (Å²) in [7, 11) is 0. The highest BCUT2D eigenvalue weighted by atomic mass is 127. The molecule has 0 bridgehead atoms. The standard InChI is InChI=1S/C13H8IN3O2/c14-11-3-1-2-4-12(11)16-10-6-5-9(8-15)13(7-10)17(18)19/h1-7,16H. The molecule has 0 aliphatic heterocycles. The fraction of sp³-hybridized carbons (Fsp3) is 0. The number of nitro benzene ring substituents is 1. The summed E-state index contributed by atoms with van der Waals surface area (Å²) in [6.07, 6.45) is 0. The molecule has 0 amide bonds. The van der Waals surface area contributed by atoms with Gasteiger partial charge in [-0.3, -0.25) is 10.1 Å². The number of anilines is 2. The van der Waals surface area contributed by atoms with E-state index in [0.29, 0.717) is 5.69 Å². The highest BCUT2D eigenvalue weighted by molar-refractivity contribution is 14.1. The first-order valence-corrected chi connectivity index (χ1v) is 6.40. The summed E-state index contributed by atoms with van der Waals surface area (Å²) in [5.74, 6) is 0. The number of nitro groups is 1. The number of hydrogen-bond acceptors (Lipinski definition) is 4. The summed E-state index contributed by atoms with van der Waals surface area (Å²) in [5.41, 5.74) is 1.30. The van der Waals surface area contributed by atoms with Crippen LogP contribution in [-0.2, 0) is 0 Å². The number of nitrogens with zero attached hydrogens (tertiary/aromatic N) is 2. The minimum atomic E-state index is -0.556. The largest absolute Gasteiger partial charge is 0.354 e. The quantitative estimate of drug-likeness (QED) is 0.510. The molecule has 0 atom stereocenters. The first-order valence-electron chi connectivity index (χ1n) is 5.32. The van der Waals surface area contributed by atoms with Crippen LogP contribution in [0.25, 0.3) is 0 Å². The number of halogens is 1. The van der Waals surface area contributed by atoms with Crippen LogP contribution in [0.5, 0.6) is 0 Å². The van der Waals surface area contributed by atoms with Gasteiger partial charge in [0, 0.05) is 15.3 Å². The number of para-hydroxylation sites is 1. The minimum Gasteiger partial charge on any atom is -0.354 e. The SMILES string of the molecule is N#Cc1ccc(Nc2ccccc2I)cc1[N+](=O)[O-]. The van der Waals surface area contributed by atoms with E-state index in [1.54, 1.807) is 6.07 Å². The van der Waals surface area contributed by atoms with E-state index in [4.69, 9.17) is 5.26 Å². The van der Waals surface area contributed by atoms with Gasteiger partial charge in [0.25, 0.3) is 5.69 Å². The third kappa shape index (κ3) is 3.00. The normalized spacial score (nSPS) is 9.68. The van der Waals surface area contributed by atoms with Crippen molar-refractivity contribution in [2.45, 2.75) is 0 Å². The minimum absolute atomic E-state index is 0.0540. The molecule has 0 aliphatic carbocycles. The second kappa shape index (κ2) is 5.67. The number of nitriles is 1. The first-order chi connectivity index (χ1) is 9.11. The van der Waals surface area contributed by atoms with E-state index in [9.17, 15) is 10.1 Å². The van der Waals surface area contributed by atoms with Gasteiger partial charge in [0.2, 0.25) is 0 Å². The van der Waals surface area contributed by atoms with Crippen molar-refractivity contribution in [3.63, 3.8) is 0 Å². The lowest BCUT2D eigenvalue weighted by Gasteiger charge is -2.08. The molecule has 0 saturated heterocycles. The van der Waals surface area contributed by atoms with Gasteiger partial charge in [-0.2, -0.15) is 5.26 Å². The van der Waals surface area contributed by atoms with Gasteiger partial charge in [-0.25, -0.2) is 0 Å². The Morgan fingerprint density at radius 2 is 2.00 bits per heavy atom. The summed E-state index contributed by atoms with van der Waals surface area (Å²) in [5, 5.41) is 22.8. The molecule has 1 N–H and O–H groups in total. The van der Waals surface area contributed by atoms with E-state index in [0.717, 1.165) is 9.26 Å². The van der Waals surface area contributed by atoms with E-state index >= 15 is 0 Å². The second-order valence-corrected chi connectivity index (χ2v) is 4.87. The Hall–Kier alpha value is -2.14. The smallest absolute Gasteiger partial charge is 0.289 e. The molecule has 0 radical (unpaired) electrons. The molecule has 0 heterocycles. The molecular weight excluding hydrogens is 357 g/mol. The van der Waals surface area contributed by atoms with Gasteiger partial charge in [-0.1, -0.05) is 12.1 Å². The zero-order chi connectivity index (χ0) is 13.8. The molecule has 0 spiro atoms. The van der Waals surface area contributed by atoms with Crippen LogP contribution in [0.15, 0.2) is 42.5 Å². The zero-order valence-corrected chi connectivity index (χ0v) is 11.8. The second-order valence-electron chi connectivity index (χ2n) is 3.71. The van der Waals surface area contributed by atoms with Crippen LogP contribution in [0.1, 0.15) is 5.56 Å². The van der Waals surface area contributed by atoms with Crippen molar-refractivity contribution in [3.05, 3.63) is 61.7 Å². The molecule has 2 rings (SSSR count). The number of hydrogen-bond donors (Lipinski definition) is 1. The van der Waals surface area contributed by atoms with Crippen molar-refractivity contribution in [1.82, 2.24) is 0 Å². The number of benzene rings is 2. The molecule has 0 aliphatic rings. The molecular formula is C13H8IN3O2. The summed E-state index contributed by atoms with van der Waals surface area (Å²) in [6.45, 7) is 0. The predicted molar refractivity (Wildman–Crippen MR) is 80.3 cm³/mol. The van der Waals surface area contributed by atoms with Gasteiger partial charge < -0.3 is 5.32 Å². The molecule has 0 unspecified atom stereocenters. The van der Waals surface area contributed by atoms with Crippen molar-refractivity contribution in [3.8, 4) is 6.07 Å². The van der Waals surface area contributed by atoms with E-state index < -0.39 is 4.92 Å². The Morgan fingerprint density at radius 3 is 2.63 bits per heavy atom. The maximum atomic E-state index is 10.9. The van der Waals surface area contributed by atoms with Crippen LogP contribution in [-0.4, -0.2) is 4.92 Å². The van der Waals surface area contributed by atoms with Crippen LogP contribution < -0.4 is 5.32 Å². The molecule has 0 fully saturated rings. The Balaban J connectivity index is 2.38. The lowest BCUT2D eigenvalue weighted by atomic mass is 10.1.